The van der Waals surface area contributed by atoms with E-state index in [9.17, 15) is 13.0 Å². The molecule has 1 aliphatic rings. The first-order valence-electron chi connectivity index (χ1n) is 5.13. The molecule has 1 fully saturated rings. The largest absolute Gasteiger partial charge is 0.308 e. The molecule has 2 nitrogen and oxygen atoms in total. The van der Waals surface area contributed by atoms with Crippen molar-refractivity contribution in [3.8, 4) is 0 Å². The van der Waals surface area contributed by atoms with E-state index in [4.69, 9.17) is 0 Å². The van der Waals surface area contributed by atoms with Crippen molar-refractivity contribution in [3.63, 3.8) is 0 Å². The van der Waals surface area contributed by atoms with Crippen molar-refractivity contribution in [2.45, 2.75) is 18.2 Å². The molecule has 0 saturated carbocycles. The third-order valence-electron chi connectivity index (χ3n) is 2.72. The Morgan fingerprint density at radius 1 is 1.31 bits per heavy atom. The molecule has 0 aliphatic carbocycles. The van der Waals surface area contributed by atoms with Crippen molar-refractivity contribution >= 4 is 10.8 Å². The van der Waals surface area contributed by atoms with Gasteiger partial charge in [0.05, 0.1) is 0 Å². The summed E-state index contributed by atoms with van der Waals surface area (Å²) in [6.07, 6.45) is 0. The molecule has 5 heteroatoms. The first-order valence-corrected chi connectivity index (χ1v) is 6.51. The molecule has 1 aliphatic heterocycles. The van der Waals surface area contributed by atoms with Crippen LogP contribution in [0.25, 0.3) is 0 Å². The molecule has 1 saturated heterocycles. The molecule has 1 N–H and O–H groups in total. The van der Waals surface area contributed by atoms with Gasteiger partial charge in [0.2, 0.25) is 0 Å². The Morgan fingerprint density at radius 3 is 2.50 bits per heavy atom. The van der Waals surface area contributed by atoms with Gasteiger partial charge < -0.3 is 5.32 Å². The Morgan fingerprint density at radius 2 is 1.94 bits per heavy atom. The summed E-state index contributed by atoms with van der Waals surface area (Å²) in [5.41, 5.74) is 0.526. The van der Waals surface area contributed by atoms with Crippen molar-refractivity contribution in [1.82, 2.24) is 5.32 Å². The number of hydrogen-bond donors (Lipinski definition) is 1. The minimum Gasteiger partial charge on any atom is -0.308 e. The maximum atomic E-state index is 13.0. The molecule has 0 spiro atoms. The van der Waals surface area contributed by atoms with Gasteiger partial charge in [-0.2, -0.15) is 0 Å². The number of hydrogen-bond acceptors (Lipinski definition) is 2. The molecule has 0 bridgehead atoms. The van der Waals surface area contributed by atoms with E-state index in [0.29, 0.717) is 17.9 Å². The van der Waals surface area contributed by atoms with E-state index in [1.807, 2.05) is 6.92 Å². The number of rotatable bonds is 1. The quantitative estimate of drug-likeness (QED) is 0.816. The average molecular weight is 245 g/mol. The predicted molar refractivity (Wildman–Crippen MR) is 59.6 cm³/mol. The van der Waals surface area contributed by atoms with E-state index in [1.165, 1.54) is 12.1 Å². The van der Waals surface area contributed by atoms with Crippen LogP contribution in [-0.2, 0) is 10.8 Å². The summed E-state index contributed by atoms with van der Waals surface area (Å²) in [5, 5.41) is 3.24. The van der Waals surface area contributed by atoms with Crippen LogP contribution in [0.15, 0.2) is 18.2 Å². The highest BCUT2D eigenvalue weighted by atomic mass is 32.2. The predicted octanol–water partition coefficient (Wildman–Crippen LogP) is 1.75. The fourth-order valence-corrected chi connectivity index (χ4v) is 3.03. The van der Waals surface area contributed by atoms with Gasteiger partial charge in [-0.05, 0) is 24.6 Å². The Bertz CT molecular complexity index is 404. The molecule has 1 aromatic carbocycles. The minimum absolute atomic E-state index is 0.0923. The second kappa shape index (κ2) is 4.59. The summed E-state index contributed by atoms with van der Waals surface area (Å²) >= 11 is 0. The highest BCUT2D eigenvalue weighted by Crippen LogP contribution is 2.21. The molecule has 88 valence electrons. The maximum Gasteiger partial charge on any atom is 0.126 e. The van der Waals surface area contributed by atoms with Crippen LogP contribution in [-0.4, -0.2) is 21.8 Å². The lowest BCUT2D eigenvalue weighted by Crippen LogP contribution is -2.41. The van der Waals surface area contributed by atoms with Crippen LogP contribution in [0.1, 0.15) is 18.5 Å². The Balaban J connectivity index is 2.21. The fourth-order valence-electron chi connectivity index (χ4n) is 1.78. The zero-order chi connectivity index (χ0) is 11.7. The highest BCUT2D eigenvalue weighted by Gasteiger charge is 2.25. The first-order chi connectivity index (χ1) is 7.56. The summed E-state index contributed by atoms with van der Waals surface area (Å²) in [4.78, 5) is 0. The van der Waals surface area contributed by atoms with Gasteiger partial charge in [0.15, 0.2) is 0 Å². The molecule has 0 amide bonds. The van der Waals surface area contributed by atoms with E-state index in [0.717, 1.165) is 6.07 Å². The fraction of sp³-hybridized carbons (Fsp3) is 0.455. The van der Waals surface area contributed by atoms with Crippen molar-refractivity contribution in [1.29, 1.82) is 0 Å². The van der Waals surface area contributed by atoms with Gasteiger partial charge in [-0.1, -0.05) is 0 Å². The average Bonchev–Trinajstić information content (AvgIpc) is 2.20. The third kappa shape index (κ3) is 2.47. The Labute approximate surface area is 95.5 Å². The van der Waals surface area contributed by atoms with Gasteiger partial charge in [0.1, 0.15) is 11.6 Å². The van der Waals surface area contributed by atoms with Crippen molar-refractivity contribution < 1.29 is 13.0 Å². The van der Waals surface area contributed by atoms with Gasteiger partial charge >= 0.3 is 0 Å². The minimum atomic E-state index is -0.936. The Kier molecular flexibility index (Phi) is 3.35. The molecule has 3 unspecified atom stereocenters. The summed E-state index contributed by atoms with van der Waals surface area (Å²) < 4.78 is 37.7. The molecular formula is C11H13F2NOS. The topological polar surface area (TPSA) is 29.1 Å². The maximum absolute atomic E-state index is 13.0. The first kappa shape index (κ1) is 11.7. The second-order valence-electron chi connectivity index (χ2n) is 4.02. The zero-order valence-corrected chi connectivity index (χ0v) is 9.69. The van der Waals surface area contributed by atoms with Gasteiger partial charge in [0.25, 0.3) is 0 Å². The van der Waals surface area contributed by atoms with Gasteiger partial charge in [-0.15, -0.1) is 0 Å². The lowest BCUT2D eigenvalue weighted by atomic mass is 10.1. The smallest absolute Gasteiger partial charge is 0.126 e. The van der Waals surface area contributed by atoms with Gasteiger partial charge in [-0.25, -0.2) is 8.78 Å². The summed E-state index contributed by atoms with van der Waals surface area (Å²) in [5.74, 6) is -0.785. The number of halogens is 2. The van der Waals surface area contributed by atoms with Gasteiger partial charge in [-0.3, -0.25) is 4.21 Å². The van der Waals surface area contributed by atoms with Crippen LogP contribution in [0.2, 0.25) is 0 Å². The Hall–Kier alpha value is -0.810. The lowest BCUT2D eigenvalue weighted by Gasteiger charge is -2.27. The van der Waals surface area contributed by atoms with Crippen LogP contribution in [0.3, 0.4) is 0 Å². The standard InChI is InChI=1S/C11H13F2NOS/c1-7-5-14-11(6-16(7)15)8-2-9(12)4-10(13)3-8/h2-4,7,11,14H,5-6H2,1H3. The van der Waals surface area contributed by atoms with Crippen molar-refractivity contribution in [2.24, 2.45) is 0 Å². The summed E-state index contributed by atoms with van der Waals surface area (Å²) in [6, 6.07) is 3.19. The van der Waals surface area contributed by atoms with Gasteiger partial charge in [0, 0.05) is 40.5 Å². The lowest BCUT2D eigenvalue weighted by molar-refractivity contribution is 0.526. The monoisotopic (exact) mass is 245 g/mol. The van der Waals surface area contributed by atoms with Crippen LogP contribution in [0.4, 0.5) is 8.78 Å². The molecule has 3 atom stereocenters. The summed E-state index contributed by atoms with van der Waals surface area (Å²) in [7, 11) is -0.936. The molecular weight excluding hydrogens is 232 g/mol. The highest BCUT2D eigenvalue weighted by molar-refractivity contribution is 7.85. The third-order valence-corrected chi connectivity index (χ3v) is 4.44. The molecule has 0 radical (unpaired) electrons. The molecule has 0 aromatic heterocycles. The SMILES string of the molecule is CC1CNC(c2cc(F)cc(F)c2)CS1=O. The molecule has 16 heavy (non-hydrogen) atoms. The van der Waals surface area contributed by atoms with E-state index >= 15 is 0 Å². The van der Waals surface area contributed by atoms with E-state index in [-0.39, 0.29) is 11.3 Å². The van der Waals surface area contributed by atoms with Crippen molar-refractivity contribution in [2.75, 3.05) is 12.3 Å². The van der Waals surface area contributed by atoms with Crippen molar-refractivity contribution in [3.05, 3.63) is 35.4 Å². The van der Waals surface area contributed by atoms with Crippen LogP contribution in [0, 0.1) is 11.6 Å². The normalized spacial score (nSPS) is 30.3. The van der Waals surface area contributed by atoms with Crippen LogP contribution >= 0.6 is 0 Å². The van der Waals surface area contributed by atoms with E-state index in [2.05, 4.69) is 5.32 Å². The molecule has 1 heterocycles. The summed E-state index contributed by atoms with van der Waals surface area (Å²) in [6.45, 7) is 2.50. The van der Waals surface area contributed by atoms with E-state index < -0.39 is 22.4 Å². The second-order valence-corrected chi connectivity index (χ2v) is 5.92. The zero-order valence-electron chi connectivity index (χ0n) is 8.87. The number of benzene rings is 1. The number of nitrogens with one attached hydrogen (secondary N) is 1. The van der Waals surface area contributed by atoms with Crippen LogP contribution in [0.5, 0.6) is 0 Å². The van der Waals surface area contributed by atoms with Crippen LogP contribution < -0.4 is 5.32 Å². The molecule has 2 rings (SSSR count). The molecule has 1 aromatic rings. The van der Waals surface area contributed by atoms with E-state index in [1.54, 1.807) is 0 Å².